The van der Waals surface area contributed by atoms with Gasteiger partial charge in [-0.1, -0.05) is 6.92 Å². The third-order valence-corrected chi connectivity index (χ3v) is 1.19. The lowest BCUT2D eigenvalue weighted by molar-refractivity contribution is -0.909. The molecular formula is C5H9N2O2+. The largest absolute Gasteiger partial charge is 0.350 e. The Kier molecular flexibility index (Phi) is 1.30. The number of nitrogens with zero attached hydrogens (tertiary/aromatic N) is 2. The summed E-state index contributed by atoms with van der Waals surface area (Å²) < 4.78 is 1.78. The fourth-order valence-corrected chi connectivity index (χ4v) is 0.727. The molecule has 0 saturated carbocycles. The van der Waals surface area contributed by atoms with Gasteiger partial charge in [0.25, 0.3) is 0 Å². The lowest BCUT2D eigenvalue weighted by Gasteiger charge is -1.86. The maximum Gasteiger partial charge on any atom is 0.334 e. The summed E-state index contributed by atoms with van der Waals surface area (Å²) >= 11 is 0. The molecule has 2 N–H and O–H groups in total. The molecule has 0 atom stereocenters. The van der Waals surface area contributed by atoms with Crippen molar-refractivity contribution < 1.29 is 15.1 Å². The van der Waals surface area contributed by atoms with Crippen LogP contribution in [0.4, 0.5) is 0 Å². The Morgan fingerprint density at radius 2 is 2.44 bits per heavy atom. The van der Waals surface area contributed by atoms with Gasteiger partial charge in [-0.05, 0) is 9.46 Å². The maximum absolute atomic E-state index is 8.87. The van der Waals surface area contributed by atoms with Crippen LogP contribution in [0.1, 0.15) is 12.7 Å². The Morgan fingerprint density at radius 3 is 2.67 bits per heavy atom. The number of hydrogen-bond donors (Lipinski definition) is 2. The van der Waals surface area contributed by atoms with Crippen molar-refractivity contribution in [3.63, 3.8) is 0 Å². The minimum Gasteiger partial charge on any atom is -0.350 e. The summed E-state index contributed by atoms with van der Waals surface area (Å²) in [7, 11) is 0. The number of rotatable bonds is 1. The van der Waals surface area contributed by atoms with E-state index in [-0.39, 0.29) is 0 Å². The summed E-state index contributed by atoms with van der Waals surface area (Å²) in [6.45, 7) is 1.84. The maximum atomic E-state index is 8.87. The molecule has 0 aromatic carbocycles. The molecule has 0 aliphatic rings. The Morgan fingerprint density at radius 1 is 1.78 bits per heavy atom. The Balaban J connectivity index is 3.07. The topological polar surface area (TPSA) is 49.3 Å². The van der Waals surface area contributed by atoms with E-state index >= 15 is 0 Å². The Bertz CT molecular complexity index is 187. The lowest BCUT2D eigenvalue weighted by Crippen LogP contribution is -2.33. The zero-order valence-corrected chi connectivity index (χ0v) is 5.15. The lowest BCUT2D eigenvalue weighted by atomic mass is 10.5. The number of hydrogen-bond acceptors (Lipinski definition) is 2. The summed E-state index contributed by atoms with van der Waals surface area (Å²) in [4.78, 5) is 0. The van der Waals surface area contributed by atoms with E-state index in [0.29, 0.717) is 12.2 Å². The van der Waals surface area contributed by atoms with Crippen LogP contribution in [0.15, 0.2) is 12.4 Å². The van der Waals surface area contributed by atoms with E-state index in [4.69, 9.17) is 10.4 Å². The summed E-state index contributed by atoms with van der Waals surface area (Å²) in [6.07, 6.45) is 3.34. The molecule has 0 spiro atoms. The van der Waals surface area contributed by atoms with Gasteiger partial charge in [-0.2, -0.15) is 0 Å². The van der Waals surface area contributed by atoms with Crippen molar-refractivity contribution >= 4 is 0 Å². The number of aromatic nitrogens is 2. The van der Waals surface area contributed by atoms with Crippen LogP contribution in [0.5, 0.6) is 0 Å². The molecule has 0 bridgehead atoms. The van der Waals surface area contributed by atoms with Crippen molar-refractivity contribution in [1.82, 2.24) is 4.73 Å². The van der Waals surface area contributed by atoms with Crippen molar-refractivity contribution in [3.8, 4) is 0 Å². The standard InChI is InChI=1S/C5H9N2O2/c1-2-5-6(8)3-4-7(5)9/h3-4,8-9H,2H2,1H3/q+1. The molecule has 1 rings (SSSR count). The second-order valence-corrected chi connectivity index (χ2v) is 1.76. The molecule has 0 fully saturated rings. The van der Waals surface area contributed by atoms with Gasteiger partial charge < -0.3 is 10.4 Å². The SMILES string of the molecule is CCc1n(O)cc[n+]1O. The predicted molar refractivity (Wildman–Crippen MR) is 28.4 cm³/mol. The van der Waals surface area contributed by atoms with E-state index in [0.717, 1.165) is 9.46 Å². The molecule has 0 aliphatic heterocycles. The fourth-order valence-electron chi connectivity index (χ4n) is 0.727. The van der Waals surface area contributed by atoms with E-state index in [1.165, 1.54) is 12.4 Å². The van der Waals surface area contributed by atoms with Crippen LogP contribution < -0.4 is 4.73 Å². The first-order chi connectivity index (χ1) is 4.25. The highest BCUT2D eigenvalue weighted by molar-refractivity contribution is 4.76. The quantitative estimate of drug-likeness (QED) is 0.408. The van der Waals surface area contributed by atoms with Crippen molar-refractivity contribution in [2.75, 3.05) is 0 Å². The zero-order chi connectivity index (χ0) is 6.85. The van der Waals surface area contributed by atoms with Gasteiger partial charge in [0.05, 0.1) is 6.42 Å². The molecule has 1 aromatic heterocycles. The smallest absolute Gasteiger partial charge is 0.334 e. The van der Waals surface area contributed by atoms with Crippen molar-refractivity contribution in [3.05, 3.63) is 18.2 Å². The predicted octanol–water partition coefficient (Wildman–Crippen LogP) is -0.187. The van der Waals surface area contributed by atoms with Crippen LogP contribution in [-0.2, 0) is 6.42 Å². The normalized spacial score (nSPS) is 9.89. The molecule has 9 heavy (non-hydrogen) atoms. The van der Waals surface area contributed by atoms with Gasteiger partial charge in [-0.3, -0.25) is 0 Å². The molecule has 0 saturated heterocycles. The van der Waals surface area contributed by atoms with Crippen molar-refractivity contribution in [1.29, 1.82) is 0 Å². The molecule has 1 heterocycles. The summed E-state index contributed by atoms with van der Waals surface area (Å²) in [6, 6.07) is 0. The molecule has 0 amide bonds. The van der Waals surface area contributed by atoms with Crippen LogP contribution in [0.3, 0.4) is 0 Å². The third kappa shape index (κ3) is 0.826. The molecule has 0 unspecified atom stereocenters. The average molecular weight is 129 g/mol. The summed E-state index contributed by atoms with van der Waals surface area (Å²) in [5, 5.41) is 17.7. The van der Waals surface area contributed by atoms with Crippen LogP contribution in [-0.4, -0.2) is 15.1 Å². The fraction of sp³-hybridized carbons (Fsp3) is 0.400. The van der Waals surface area contributed by atoms with Gasteiger partial charge in [0.2, 0.25) is 0 Å². The van der Waals surface area contributed by atoms with Gasteiger partial charge in [-0.15, -0.1) is 0 Å². The monoisotopic (exact) mass is 129 g/mol. The van der Waals surface area contributed by atoms with Crippen molar-refractivity contribution in [2.24, 2.45) is 0 Å². The first-order valence-electron chi connectivity index (χ1n) is 2.76. The molecule has 0 radical (unpaired) electrons. The van der Waals surface area contributed by atoms with Gasteiger partial charge in [-0.25, -0.2) is 0 Å². The number of imidazole rings is 1. The Labute approximate surface area is 52.5 Å². The van der Waals surface area contributed by atoms with Gasteiger partial charge in [0.1, 0.15) is 0 Å². The zero-order valence-electron chi connectivity index (χ0n) is 5.15. The minimum absolute atomic E-state index is 0.468. The van der Waals surface area contributed by atoms with E-state index in [2.05, 4.69) is 0 Å². The van der Waals surface area contributed by atoms with Gasteiger partial charge >= 0.3 is 5.82 Å². The Hall–Kier alpha value is -1.19. The van der Waals surface area contributed by atoms with Crippen LogP contribution in [0.2, 0.25) is 0 Å². The molecule has 4 nitrogen and oxygen atoms in total. The van der Waals surface area contributed by atoms with E-state index < -0.39 is 0 Å². The molecule has 1 aromatic rings. The second kappa shape index (κ2) is 1.97. The molecular weight excluding hydrogens is 120 g/mol. The third-order valence-electron chi connectivity index (χ3n) is 1.19. The summed E-state index contributed by atoms with van der Waals surface area (Å²) in [5.74, 6) is 0.468. The van der Waals surface area contributed by atoms with Gasteiger partial charge in [0, 0.05) is 0 Å². The van der Waals surface area contributed by atoms with Crippen LogP contribution >= 0.6 is 0 Å². The van der Waals surface area contributed by atoms with Crippen molar-refractivity contribution in [2.45, 2.75) is 13.3 Å². The second-order valence-electron chi connectivity index (χ2n) is 1.76. The molecule has 50 valence electrons. The molecule has 0 aliphatic carbocycles. The van der Waals surface area contributed by atoms with E-state index in [1.54, 1.807) is 0 Å². The van der Waals surface area contributed by atoms with Gasteiger partial charge in [0.15, 0.2) is 12.4 Å². The highest BCUT2D eigenvalue weighted by Crippen LogP contribution is 1.89. The minimum atomic E-state index is 0.468. The first kappa shape index (κ1) is 5.94. The molecule has 4 heteroatoms. The van der Waals surface area contributed by atoms with E-state index in [9.17, 15) is 0 Å². The highest BCUT2D eigenvalue weighted by atomic mass is 16.5. The summed E-state index contributed by atoms with van der Waals surface area (Å²) in [5.41, 5.74) is 0. The average Bonchev–Trinajstić information content (AvgIpc) is 2.12. The van der Waals surface area contributed by atoms with E-state index in [1.807, 2.05) is 6.92 Å². The van der Waals surface area contributed by atoms with Crippen LogP contribution in [0.25, 0.3) is 0 Å². The van der Waals surface area contributed by atoms with Crippen LogP contribution in [0, 0.1) is 0 Å². The highest BCUT2D eigenvalue weighted by Gasteiger charge is 2.12. The first-order valence-corrected chi connectivity index (χ1v) is 2.76.